The highest BCUT2D eigenvalue weighted by atomic mass is 16.3. The summed E-state index contributed by atoms with van der Waals surface area (Å²) >= 11 is 0. The number of hydrogen-bond donors (Lipinski definition) is 4. The van der Waals surface area contributed by atoms with Gasteiger partial charge in [0, 0.05) is 25.6 Å². The number of amides is 2. The van der Waals surface area contributed by atoms with Crippen LogP contribution in [0.4, 0.5) is 0 Å². The molecule has 2 aromatic carbocycles. The summed E-state index contributed by atoms with van der Waals surface area (Å²) in [5.74, 6) is 0.231. The van der Waals surface area contributed by atoms with Gasteiger partial charge < -0.3 is 20.7 Å². The Morgan fingerprint density at radius 1 is 1.07 bits per heavy atom. The van der Waals surface area contributed by atoms with E-state index in [-0.39, 0.29) is 11.8 Å². The van der Waals surface area contributed by atoms with E-state index in [4.69, 9.17) is 0 Å². The summed E-state index contributed by atoms with van der Waals surface area (Å²) in [6, 6.07) is 13.1. The maximum atomic E-state index is 12.1. The molecule has 7 nitrogen and oxygen atoms in total. The summed E-state index contributed by atoms with van der Waals surface area (Å²) in [4.78, 5) is 30.4. The van der Waals surface area contributed by atoms with Crippen molar-refractivity contribution >= 4 is 22.8 Å². The summed E-state index contributed by atoms with van der Waals surface area (Å²) in [7, 11) is 0. The van der Waals surface area contributed by atoms with Crippen LogP contribution in [0.15, 0.2) is 42.5 Å². The van der Waals surface area contributed by atoms with E-state index in [1.165, 1.54) is 6.92 Å². The molecule has 1 atom stereocenters. The third-order valence-electron chi connectivity index (χ3n) is 4.16. The fourth-order valence-electron chi connectivity index (χ4n) is 2.74. The first-order valence-electron chi connectivity index (χ1n) is 8.75. The second-order valence-corrected chi connectivity index (χ2v) is 6.35. The quantitative estimate of drug-likeness (QED) is 0.501. The molecule has 0 aliphatic carbocycles. The second kappa shape index (κ2) is 8.01. The van der Waals surface area contributed by atoms with Crippen LogP contribution in [0.1, 0.15) is 36.1 Å². The number of carbonyl (C=O) groups is 2. The predicted molar refractivity (Wildman–Crippen MR) is 103 cm³/mol. The van der Waals surface area contributed by atoms with Crippen molar-refractivity contribution in [3.63, 3.8) is 0 Å². The second-order valence-electron chi connectivity index (χ2n) is 6.35. The average molecular weight is 366 g/mol. The highest BCUT2D eigenvalue weighted by Gasteiger charge is 2.09. The zero-order valence-electron chi connectivity index (χ0n) is 15.2. The number of carbonyl (C=O) groups excluding carboxylic acids is 2. The number of hydrogen-bond acceptors (Lipinski definition) is 4. The first-order valence-corrected chi connectivity index (χ1v) is 8.75. The first kappa shape index (κ1) is 18.6. The van der Waals surface area contributed by atoms with Crippen LogP contribution in [0.2, 0.25) is 0 Å². The van der Waals surface area contributed by atoms with Crippen LogP contribution in [0.25, 0.3) is 22.2 Å². The number of rotatable bonds is 6. The Kier molecular flexibility index (Phi) is 5.52. The molecule has 0 saturated carbocycles. The average Bonchev–Trinajstić information content (AvgIpc) is 3.08. The molecule has 7 heteroatoms. The lowest BCUT2D eigenvalue weighted by atomic mass is 10.0. The Bertz CT molecular complexity index is 961. The van der Waals surface area contributed by atoms with Crippen LogP contribution < -0.4 is 10.6 Å². The number of imidazole rings is 1. The molecule has 0 saturated heterocycles. The van der Waals surface area contributed by atoms with E-state index in [9.17, 15) is 14.7 Å². The summed E-state index contributed by atoms with van der Waals surface area (Å²) < 4.78 is 0. The van der Waals surface area contributed by atoms with Gasteiger partial charge in [-0.05, 0) is 42.3 Å². The van der Waals surface area contributed by atoms with Gasteiger partial charge in [-0.25, -0.2) is 4.98 Å². The largest absolute Gasteiger partial charge is 0.385 e. The van der Waals surface area contributed by atoms with Gasteiger partial charge in [-0.15, -0.1) is 0 Å². The lowest BCUT2D eigenvalue weighted by Gasteiger charge is -2.07. The van der Waals surface area contributed by atoms with Crippen LogP contribution in [0, 0.1) is 0 Å². The van der Waals surface area contributed by atoms with Gasteiger partial charge >= 0.3 is 0 Å². The SMILES string of the molecule is CC(=O)NCCNC(=O)c1ccc(-c2ccc3nc(C(C)O)[nH]c3c2)cc1. The molecule has 1 unspecified atom stereocenters. The number of benzene rings is 2. The van der Waals surface area contributed by atoms with Crippen molar-refractivity contribution < 1.29 is 14.7 Å². The van der Waals surface area contributed by atoms with Gasteiger partial charge in [0.05, 0.1) is 11.0 Å². The van der Waals surface area contributed by atoms with Gasteiger partial charge in [0.2, 0.25) is 5.91 Å². The number of aliphatic hydroxyl groups is 1. The molecule has 0 fully saturated rings. The van der Waals surface area contributed by atoms with Crippen LogP contribution in [0.5, 0.6) is 0 Å². The number of nitrogens with one attached hydrogen (secondary N) is 3. The van der Waals surface area contributed by atoms with Crippen molar-refractivity contribution in [2.45, 2.75) is 20.0 Å². The summed E-state index contributed by atoms with van der Waals surface area (Å²) in [5.41, 5.74) is 4.16. The van der Waals surface area contributed by atoms with Crippen LogP contribution in [0.3, 0.4) is 0 Å². The van der Waals surface area contributed by atoms with Crippen molar-refractivity contribution in [1.29, 1.82) is 0 Å². The maximum absolute atomic E-state index is 12.1. The van der Waals surface area contributed by atoms with Crippen LogP contribution in [-0.2, 0) is 4.79 Å². The van der Waals surface area contributed by atoms with Crippen molar-refractivity contribution in [1.82, 2.24) is 20.6 Å². The first-order chi connectivity index (χ1) is 12.9. The summed E-state index contributed by atoms with van der Waals surface area (Å²) in [6.07, 6.45) is -0.649. The van der Waals surface area contributed by atoms with E-state index >= 15 is 0 Å². The molecule has 0 aliphatic rings. The minimum absolute atomic E-state index is 0.122. The third kappa shape index (κ3) is 4.51. The zero-order valence-corrected chi connectivity index (χ0v) is 15.2. The smallest absolute Gasteiger partial charge is 0.251 e. The zero-order chi connectivity index (χ0) is 19.4. The standard InChI is InChI=1S/C20H22N4O3/c1-12(25)19-23-17-8-7-16(11-18(17)24-19)14-3-5-15(6-4-14)20(27)22-10-9-21-13(2)26/h3-8,11-12,25H,9-10H2,1-2H3,(H,21,26)(H,22,27)(H,23,24). The molecule has 2 amide bonds. The van der Waals surface area contributed by atoms with Gasteiger partial charge in [-0.3, -0.25) is 9.59 Å². The van der Waals surface area contributed by atoms with Gasteiger partial charge in [-0.1, -0.05) is 18.2 Å². The number of nitrogens with zero attached hydrogens (tertiary/aromatic N) is 1. The lowest BCUT2D eigenvalue weighted by Crippen LogP contribution is -2.33. The number of H-pyrrole nitrogens is 1. The minimum Gasteiger partial charge on any atom is -0.385 e. The highest BCUT2D eigenvalue weighted by Crippen LogP contribution is 2.25. The summed E-state index contributed by atoms with van der Waals surface area (Å²) in [5, 5.41) is 15.0. The normalized spacial score (nSPS) is 12.0. The van der Waals surface area contributed by atoms with Crippen molar-refractivity contribution in [3.05, 3.63) is 53.9 Å². The molecule has 0 bridgehead atoms. The minimum atomic E-state index is -0.649. The molecule has 1 heterocycles. The summed E-state index contributed by atoms with van der Waals surface area (Å²) in [6.45, 7) is 3.88. The Labute approximate surface area is 156 Å². The van der Waals surface area contributed by atoms with Gasteiger partial charge in [0.15, 0.2) is 0 Å². The molecular formula is C20H22N4O3. The number of aromatic nitrogens is 2. The predicted octanol–water partition coefficient (Wildman–Crippen LogP) is 2.15. The van der Waals surface area contributed by atoms with E-state index in [0.29, 0.717) is 24.5 Å². The molecule has 27 heavy (non-hydrogen) atoms. The Balaban J connectivity index is 1.70. The molecular weight excluding hydrogens is 344 g/mol. The molecule has 3 aromatic rings. The van der Waals surface area contributed by atoms with E-state index in [2.05, 4.69) is 20.6 Å². The van der Waals surface area contributed by atoms with Gasteiger partial charge in [-0.2, -0.15) is 0 Å². The highest BCUT2D eigenvalue weighted by molar-refractivity contribution is 5.94. The Hall–Kier alpha value is -3.19. The monoisotopic (exact) mass is 366 g/mol. The molecule has 1 aromatic heterocycles. The lowest BCUT2D eigenvalue weighted by molar-refractivity contribution is -0.118. The van der Waals surface area contributed by atoms with E-state index in [1.54, 1.807) is 19.1 Å². The third-order valence-corrected chi connectivity index (χ3v) is 4.16. The fourth-order valence-corrected chi connectivity index (χ4v) is 2.74. The van der Waals surface area contributed by atoms with Gasteiger partial charge in [0.25, 0.3) is 5.91 Å². The molecule has 140 valence electrons. The number of fused-ring (bicyclic) bond motifs is 1. The van der Waals surface area contributed by atoms with Crippen molar-refractivity contribution in [2.75, 3.05) is 13.1 Å². The van der Waals surface area contributed by atoms with Crippen LogP contribution >= 0.6 is 0 Å². The molecule has 0 aliphatic heterocycles. The number of aromatic amines is 1. The fraction of sp³-hybridized carbons (Fsp3) is 0.250. The van der Waals surface area contributed by atoms with E-state index < -0.39 is 6.10 Å². The molecule has 0 spiro atoms. The van der Waals surface area contributed by atoms with Crippen LogP contribution in [-0.4, -0.2) is 40.0 Å². The maximum Gasteiger partial charge on any atom is 0.251 e. The molecule has 4 N–H and O–H groups in total. The van der Waals surface area contributed by atoms with E-state index in [0.717, 1.165) is 22.2 Å². The van der Waals surface area contributed by atoms with E-state index in [1.807, 2.05) is 30.3 Å². The van der Waals surface area contributed by atoms with Gasteiger partial charge in [0.1, 0.15) is 11.9 Å². The Morgan fingerprint density at radius 2 is 1.74 bits per heavy atom. The topological polar surface area (TPSA) is 107 Å². The van der Waals surface area contributed by atoms with Crippen molar-refractivity contribution in [3.8, 4) is 11.1 Å². The van der Waals surface area contributed by atoms with Crippen molar-refractivity contribution in [2.24, 2.45) is 0 Å². The molecule has 0 radical (unpaired) electrons. The Morgan fingerprint density at radius 3 is 2.41 bits per heavy atom. The molecule has 3 rings (SSSR count). The number of aliphatic hydroxyl groups excluding tert-OH is 1.